The topological polar surface area (TPSA) is 60.2 Å². The van der Waals surface area contributed by atoms with Gasteiger partial charge in [0.2, 0.25) is 5.82 Å². The lowest BCUT2D eigenvalue weighted by Gasteiger charge is -2.17. The van der Waals surface area contributed by atoms with Gasteiger partial charge in [0.15, 0.2) is 0 Å². The average molecular weight is 259 g/mol. The summed E-state index contributed by atoms with van der Waals surface area (Å²) < 4.78 is 11.1. The molecule has 5 nitrogen and oxygen atoms in total. The maximum Gasteiger partial charge on any atom is 0.258 e. The second-order valence-corrected chi connectivity index (χ2v) is 4.93. The van der Waals surface area contributed by atoms with Crippen molar-refractivity contribution >= 4 is 5.69 Å². The van der Waals surface area contributed by atoms with Gasteiger partial charge in [-0.3, -0.25) is 0 Å². The van der Waals surface area contributed by atoms with E-state index in [-0.39, 0.29) is 0 Å². The monoisotopic (exact) mass is 259 g/mol. The Kier molecular flexibility index (Phi) is 2.98. The molecule has 0 spiro atoms. The number of ether oxygens (including phenoxy) is 1. The second kappa shape index (κ2) is 4.66. The SMILES string of the molecule is CNc1ccc(-c2nc(C3(C)CCCO3)no2)cc1. The van der Waals surface area contributed by atoms with Crippen LogP contribution in [0.3, 0.4) is 0 Å². The third-order valence-corrected chi connectivity index (χ3v) is 3.54. The van der Waals surface area contributed by atoms with Gasteiger partial charge < -0.3 is 14.6 Å². The van der Waals surface area contributed by atoms with Gasteiger partial charge in [0.25, 0.3) is 5.89 Å². The summed E-state index contributed by atoms with van der Waals surface area (Å²) in [5, 5.41) is 7.14. The van der Waals surface area contributed by atoms with Crippen molar-refractivity contribution in [2.75, 3.05) is 19.0 Å². The van der Waals surface area contributed by atoms with Gasteiger partial charge in [-0.15, -0.1) is 0 Å². The van der Waals surface area contributed by atoms with Crippen molar-refractivity contribution in [1.29, 1.82) is 0 Å². The molecular formula is C14H17N3O2. The van der Waals surface area contributed by atoms with E-state index >= 15 is 0 Å². The van der Waals surface area contributed by atoms with Gasteiger partial charge in [-0.2, -0.15) is 4.98 Å². The van der Waals surface area contributed by atoms with Crippen molar-refractivity contribution in [1.82, 2.24) is 10.1 Å². The summed E-state index contributed by atoms with van der Waals surface area (Å²) in [6.07, 6.45) is 1.97. The molecule has 1 aromatic carbocycles. The molecule has 0 bridgehead atoms. The standard InChI is InChI=1S/C14H17N3O2/c1-14(8-3-9-18-14)13-16-12(19-17-13)10-4-6-11(15-2)7-5-10/h4-7,15H,3,8-9H2,1-2H3. The fourth-order valence-corrected chi connectivity index (χ4v) is 2.29. The van der Waals surface area contributed by atoms with E-state index in [1.165, 1.54) is 0 Å². The zero-order valence-corrected chi connectivity index (χ0v) is 11.1. The molecule has 0 saturated carbocycles. The van der Waals surface area contributed by atoms with Gasteiger partial charge in [0, 0.05) is 24.9 Å². The Morgan fingerprint density at radius 3 is 2.68 bits per heavy atom. The molecule has 5 heteroatoms. The Morgan fingerprint density at radius 2 is 2.05 bits per heavy atom. The minimum Gasteiger partial charge on any atom is -0.388 e. The minimum atomic E-state index is -0.396. The molecule has 1 saturated heterocycles. The summed E-state index contributed by atoms with van der Waals surface area (Å²) in [6.45, 7) is 2.77. The van der Waals surface area contributed by atoms with E-state index < -0.39 is 5.60 Å². The summed E-state index contributed by atoms with van der Waals surface area (Å²) in [7, 11) is 1.89. The number of rotatable bonds is 3. The van der Waals surface area contributed by atoms with Gasteiger partial charge in [-0.05, 0) is 44.0 Å². The molecule has 1 aromatic heterocycles. The zero-order valence-electron chi connectivity index (χ0n) is 11.1. The summed E-state index contributed by atoms with van der Waals surface area (Å²) in [4.78, 5) is 4.47. The number of hydrogen-bond acceptors (Lipinski definition) is 5. The largest absolute Gasteiger partial charge is 0.388 e. The average Bonchev–Trinajstić information content (AvgIpc) is 3.08. The molecule has 3 rings (SSSR count). The first kappa shape index (κ1) is 12.2. The van der Waals surface area contributed by atoms with Crippen LogP contribution in [0.5, 0.6) is 0 Å². The highest BCUT2D eigenvalue weighted by Crippen LogP contribution is 2.34. The number of benzene rings is 1. The number of hydrogen-bond donors (Lipinski definition) is 1. The summed E-state index contributed by atoms with van der Waals surface area (Å²) >= 11 is 0. The maximum absolute atomic E-state index is 5.72. The normalized spacial score (nSPS) is 22.6. The van der Waals surface area contributed by atoms with Crippen molar-refractivity contribution in [2.45, 2.75) is 25.4 Å². The quantitative estimate of drug-likeness (QED) is 0.918. The van der Waals surface area contributed by atoms with Gasteiger partial charge >= 0.3 is 0 Å². The van der Waals surface area contributed by atoms with Crippen molar-refractivity contribution in [3.8, 4) is 11.5 Å². The van der Waals surface area contributed by atoms with Crippen LogP contribution in [0.15, 0.2) is 28.8 Å². The van der Waals surface area contributed by atoms with Gasteiger partial charge in [-0.25, -0.2) is 0 Å². The van der Waals surface area contributed by atoms with E-state index in [2.05, 4.69) is 15.5 Å². The van der Waals surface area contributed by atoms with Crippen molar-refractivity contribution < 1.29 is 9.26 Å². The maximum atomic E-state index is 5.72. The fourth-order valence-electron chi connectivity index (χ4n) is 2.29. The molecule has 19 heavy (non-hydrogen) atoms. The van der Waals surface area contributed by atoms with Crippen LogP contribution in [-0.4, -0.2) is 23.8 Å². The predicted octanol–water partition coefficient (Wildman–Crippen LogP) is 2.80. The number of nitrogens with one attached hydrogen (secondary N) is 1. The Labute approximate surface area is 112 Å². The van der Waals surface area contributed by atoms with Crippen LogP contribution in [-0.2, 0) is 10.3 Å². The van der Waals surface area contributed by atoms with E-state index in [0.717, 1.165) is 30.7 Å². The Hall–Kier alpha value is -1.88. The van der Waals surface area contributed by atoms with Gasteiger partial charge in [0.05, 0.1) is 0 Å². The molecule has 0 aliphatic carbocycles. The van der Waals surface area contributed by atoms with Crippen LogP contribution in [0.25, 0.3) is 11.5 Å². The van der Waals surface area contributed by atoms with E-state index in [0.29, 0.717) is 11.7 Å². The highest BCUT2D eigenvalue weighted by atomic mass is 16.5. The van der Waals surface area contributed by atoms with Crippen molar-refractivity contribution in [2.24, 2.45) is 0 Å². The number of anilines is 1. The molecule has 1 aliphatic rings. The molecular weight excluding hydrogens is 242 g/mol. The number of aromatic nitrogens is 2. The molecule has 2 aromatic rings. The van der Waals surface area contributed by atoms with Crippen molar-refractivity contribution in [3.05, 3.63) is 30.1 Å². The smallest absolute Gasteiger partial charge is 0.258 e. The highest BCUT2D eigenvalue weighted by molar-refractivity contribution is 5.58. The third-order valence-electron chi connectivity index (χ3n) is 3.54. The van der Waals surface area contributed by atoms with Gasteiger partial charge in [0.1, 0.15) is 5.60 Å². The van der Waals surface area contributed by atoms with E-state index in [1.54, 1.807) is 0 Å². The molecule has 0 radical (unpaired) electrons. The summed E-state index contributed by atoms with van der Waals surface area (Å²) in [5.74, 6) is 1.17. The van der Waals surface area contributed by atoms with Crippen LogP contribution in [0, 0.1) is 0 Å². The van der Waals surface area contributed by atoms with E-state index in [4.69, 9.17) is 9.26 Å². The van der Waals surface area contributed by atoms with Crippen LogP contribution in [0.4, 0.5) is 5.69 Å². The summed E-state index contributed by atoms with van der Waals surface area (Å²) in [5.41, 5.74) is 1.57. The fraction of sp³-hybridized carbons (Fsp3) is 0.429. The molecule has 1 fully saturated rings. The first-order valence-electron chi connectivity index (χ1n) is 6.48. The van der Waals surface area contributed by atoms with Crippen LogP contribution in [0.2, 0.25) is 0 Å². The lowest BCUT2D eigenvalue weighted by molar-refractivity contribution is 0.00768. The molecule has 100 valence electrons. The third kappa shape index (κ3) is 2.21. The lowest BCUT2D eigenvalue weighted by atomic mass is 10.0. The second-order valence-electron chi connectivity index (χ2n) is 4.93. The molecule has 2 heterocycles. The molecule has 1 aliphatic heterocycles. The summed E-state index contributed by atoms with van der Waals surface area (Å²) in [6, 6.07) is 7.88. The Bertz CT molecular complexity index is 556. The highest BCUT2D eigenvalue weighted by Gasteiger charge is 2.36. The van der Waals surface area contributed by atoms with E-state index in [1.807, 2.05) is 38.2 Å². The molecule has 1 unspecified atom stereocenters. The van der Waals surface area contributed by atoms with Crippen LogP contribution in [0.1, 0.15) is 25.6 Å². The Morgan fingerprint density at radius 1 is 1.26 bits per heavy atom. The van der Waals surface area contributed by atoms with Crippen molar-refractivity contribution in [3.63, 3.8) is 0 Å². The Balaban J connectivity index is 1.87. The van der Waals surface area contributed by atoms with Crippen LogP contribution < -0.4 is 5.32 Å². The van der Waals surface area contributed by atoms with Gasteiger partial charge in [-0.1, -0.05) is 5.16 Å². The molecule has 1 N–H and O–H groups in total. The first-order chi connectivity index (χ1) is 9.21. The molecule has 1 atom stereocenters. The minimum absolute atomic E-state index is 0.396. The lowest BCUT2D eigenvalue weighted by Crippen LogP contribution is -2.21. The zero-order chi connectivity index (χ0) is 13.3. The predicted molar refractivity (Wildman–Crippen MR) is 71.8 cm³/mol. The molecule has 0 amide bonds. The first-order valence-corrected chi connectivity index (χ1v) is 6.48. The van der Waals surface area contributed by atoms with Crippen LogP contribution >= 0.6 is 0 Å². The van der Waals surface area contributed by atoms with E-state index in [9.17, 15) is 0 Å². The number of nitrogens with zero attached hydrogens (tertiary/aromatic N) is 2.